The molecule has 146 valence electrons. The summed E-state index contributed by atoms with van der Waals surface area (Å²) in [5.41, 5.74) is 2.00. The summed E-state index contributed by atoms with van der Waals surface area (Å²) in [6, 6.07) is 11.5. The van der Waals surface area contributed by atoms with Gasteiger partial charge in [0.15, 0.2) is 0 Å². The molecule has 0 radical (unpaired) electrons. The van der Waals surface area contributed by atoms with Crippen LogP contribution < -0.4 is 4.74 Å². The number of hydrogen-bond acceptors (Lipinski definition) is 4. The van der Waals surface area contributed by atoms with E-state index in [1.807, 2.05) is 41.7 Å². The standard InChI is InChI=1S/C21H22ClN3O2S/c1-24-10-2-4-18(24)19-5-3-11-25(19)21(26)12-16-14-28-20(23-16)13-27-17-8-6-15(22)7-9-17/h2,4,6-10,14,19H,3,5,11-13H2,1H3. The fourth-order valence-electron chi connectivity index (χ4n) is 3.62. The van der Waals surface area contributed by atoms with Crippen molar-refractivity contribution >= 4 is 28.8 Å². The second-order valence-corrected chi connectivity index (χ2v) is 8.32. The Labute approximate surface area is 173 Å². The van der Waals surface area contributed by atoms with Crippen LogP contribution in [0.1, 0.15) is 35.3 Å². The molecule has 1 unspecified atom stereocenters. The number of thiazole rings is 1. The van der Waals surface area contributed by atoms with Gasteiger partial charge in [0.25, 0.3) is 0 Å². The monoisotopic (exact) mass is 415 g/mol. The van der Waals surface area contributed by atoms with Crippen LogP contribution >= 0.6 is 22.9 Å². The van der Waals surface area contributed by atoms with Crippen LogP contribution in [0.25, 0.3) is 0 Å². The quantitative estimate of drug-likeness (QED) is 0.590. The second-order valence-electron chi connectivity index (χ2n) is 6.94. The summed E-state index contributed by atoms with van der Waals surface area (Å²) in [7, 11) is 2.03. The molecule has 1 aliphatic heterocycles. The minimum absolute atomic E-state index is 0.138. The maximum absolute atomic E-state index is 12.9. The number of carbonyl (C=O) groups is 1. The fourth-order valence-corrected chi connectivity index (χ4v) is 4.45. The van der Waals surface area contributed by atoms with E-state index >= 15 is 0 Å². The number of amides is 1. The lowest BCUT2D eigenvalue weighted by atomic mass is 10.1. The van der Waals surface area contributed by atoms with E-state index in [0.29, 0.717) is 18.1 Å². The van der Waals surface area contributed by atoms with Gasteiger partial charge >= 0.3 is 0 Å². The van der Waals surface area contributed by atoms with Crippen LogP contribution in [-0.4, -0.2) is 26.9 Å². The molecule has 3 heterocycles. The van der Waals surface area contributed by atoms with Crippen molar-refractivity contribution in [2.75, 3.05) is 6.54 Å². The highest BCUT2D eigenvalue weighted by Gasteiger charge is 2.31. The zero-order valence-corrected chi connectivity index (χ0v) is 17.2. The molecule has 28 heavy (non-hydrogen) atoms. The summed E-state index contributed by atoms with van der Waals surface area (Å²) < 4.78 is 7.84. The van der Waals surface area contributed by atoms with Gasteiger partial charge in [0.2, 0.25) is 5.91 Å². The number of rotatable bonds is 6. The maximum Gasteiger partial charge on any atom is 0.229 e. The van der Waals surface area contributed by atoms with Crippen molar-refractivity contribution in [2.24, 2.45) is 7.05 Å². The first-order valence-corrected chi connectivity index (χ1v) is 10.6. The van der Waals surface area contributed by atoms with E-state index < -0.39 is 0 Å². The summed E-state index contributed by atoms with van der Waals surface area (Å²) >= 11 is 7.40. The number of benzene rings is 1. The molecule has 1 aliphatic rings. The van der Waals surface area contributed by atoms with E-state index in [2.05, 4.69) is 15.6 Å². The Hall–Kier alpha value is -2.31. The Morgan fingerprint density at radius 3 is 2.89 bits per heavy atom. The van der Waals surface area contributed by atoms with Gasteiger partial charge in [-0.3, -0.25) is 4.79 Å². The third-order valence-electron chi connectivity index (χ3n) is 5.01. The fraction of sp³-hybridized carbons (Fsp3) is 0.333. The third-order valence-corrected chi connectivity index (χ3v) is 6.13. The van der Waals surface area contributed by atoms with Crippen molar-refractivity contribution in [1.82, 2.24) is 14.5 Å². The smallest absolute Gasteiger partial charge is 0.229 e. The Morgan fingerprint density at radius 1 is 1.32 bits per heavy atom. The number of nitrogens with zero attached hydrogens (tertiary/aromatic N) is 3. The molecule has 1 amide bonds. The van der Waals surface area contributed by atoms with Crippen molar-refractivity contribution in [1.29, 1.82) is 0 Å². The lowest BCUT2D eigenvalue weighted by Crippen LogP contribution is -2.32. The second kappa shape index (κ2) is 8.37. The average molecular weight is 416 g/mol. The van der Waals surface area contributed by atoms with Crippen LogP contribution in [0, 0.1) is 0 Å². The zero-order chi connectivity index (χ0) is 19.5. The van der Waals surface area contributed by atoms with Crippen molar-refractivity contribution in [3.8, 4) is 5.75 Å². The van der Waals surface area contributed by atoms with Gasteiger partial charge in [-0.1, -0.05) is 11.6 Å². The molecule has 7 heteroatoms. The molecule has 2 aromatic heterocycles. The molecule has 0 N–H and O–H groups in total. The first kappa shape index (κ1) is 19.0. The SMILES string of the molecule is Cn1cccc1C1CCCN1C(=O)Cc1csc(COc2ccc(Cl)cc2)n1. The number of ether oxygens (including phenoxy) is 1. The van der Waals surface area contributed by atoms with Gasteiger partial charge in [0.1, 0.15) is 17.4 Å². The molecular formula is C21H22ClN3O2S. The summed E-state index contributed by atoms with van der Waals surface area (Å²) in [4.78, 5) is 19.5. The van der Waals surface area contributed by atoms with Gasteiger partial charge in [0.05, 0.1) is 18.2 Å². The van der Waals surface area contributed by atoms with Crippen LogP contribution in [-0.2, 0) is 24.9 Å². The maximum atomic E-state index is 12.9. The van der Waals surface area contributed by atoms with Crippen LogP contribution in [0.3, 0.4) is 0 Å². The van der Waals surface area contributed by atoms with Gasteiger partial charge in [-0.15, -0.1) is 11.3 Å². The van der Waals surface area contributed by atoms with Crippen LogP contribution in [0.15, 0.2) is 48.0 Å². The van der Waals surface area contributed by atoms with E-state index in [1.165, 1.54) is 17.0 Å². The van der Waals surface area contributed by atoms with Gasteiger partial charge in [-0.25, -0.2) is 4.98 Å². The molecule has 0 saturated carbocycles. The predicted molar refractivity (Wildman–Crippen MR) is 111 cm³/mol. The average Bonchev–Trinajstić information content (AvgIpc) is 3.41. The lowest BCUT2D eigenvalue weighted by molar-refractivity contribution is -0.131. The molecule has 0 bridgehead atoms. The number of carbonyl (C=O) groups excluding carboxylic acids is 1. The van der Waals surface area contributed by atoms with Gasteiger partial charge < -0.3 is 14.2 Å². The van der Waals surface area contributed by atoms with Crippen molar-refractivity contribution < 1.29 is 9.53 Å². The van der Waals surface area contributed by atoms with Gasteiger partial charge in [0, 0.05) is 35.9 Å². The van der Waals surface area contributed by atoms with Crippen LogP contribution in [0.2, 0.25) is 5.02 Å². The first-order valence-electron chi connectivity index (χ1n) is 9.32. The Bertz CT molecular complexity index is 951. The summed E-state index contributed by atoms with van der Waals surface area (Å²) in [6.45, 7) is 1.20. The highest BCUT2D eigenvalue weighted by Crippen LogP contribution is 2.32. The number of likely N-dealkylation sites (tertiary alicyclic amines) is 1. The van der Waals surface area contributed by atoms with Crippen LogP contribution in [0.4, 0.5) is 0 Å². The topological polar surface area (TPSA) is 47.4 Å². The largest absolute Gasteiger partial charge is 0.486 e. The molecule has 4 rings (SSSR count). The van der Waals surface area contributed by atoms with Crippen molar-refractivity contribution in [2.45, 2.75) is 31.9 Å². The number of aromatic nitrogens is 2. The minimum Gasteiger partial charge on any atom is -0.486 e. The molecule has 5 nitrogen and oxygen atoms in total. The van der Waals surface area contributed by atoms with Crippen molar-refractivity contribution in [3.63, 3.8) is 0 Å². The molecule has 0 spiro atoms. The van der Waals surface area contributed by atoms with Crippen molar-refractivity contribution in [3.05, 3.63) is 69.4 Å². The van der Waals surface area contributed by atoms with Crippen LogP contribution in [0.5, 0.6) is 5.75 Å². The van der Waals surface area contributed by atoms with E-state index in [0.717, 1.165) is 35.8 Å². The third kappa shape index (κ3) is 4.23. The van der Waals surface area contributed by atoms with Gasteiger partial charge in [-0.2, -0.15) is 0 Å². The Morgan fingerprint density at radius 2 is 2.14 bits per heavy atom. The summed E-state index contributed by atoms with van der Waals surface area (Å²) in [5, 5.41) is 3.49. The highest BCUT2D eigenvalue weighted by molar-refractivity contribution is 7.09. The minimum atomic E-state index is 0.138. The highest BCUT2D eigenvalue weighted by atomic mass is 35.5. The number of halogens is 1. The van der Waals surface area contributed by atoms with E-state index in [4.69, 9.17) is 16.3 Å². The molecule has 1 saturated heterocycles. The predicted octanol–water partition coefficient (Wildman–Crippen LogP) is 4.62. The summed E-state index contributed by atoms with van der Waals surface area (Å²) in [5.74, 6) is 0.888. The van der Waals surface area contributed by atoms with Gasteiger partial charge in [-0.05, 0) is 49.2 Å². The Kier molecular flexibility index (Phi) is 5.69. The van der Waals surface area contributed by atoms with E-state index in [9.17, 15) is 4.79 Å². The number of aryl methyl sites for hydroxylation is 1. The van der Waals surface area contributed by atoms with E-state index in [1.54, 1.807) is 12.1 Å². The normalized spacial score (nSPS) is 16.5. The molecule has 1 aromatic carbocycles. The molecule has 1 atom stereocenters. The Balaban J connectivity index is 1.36. The van der Waals surface area contributed by atoms with E-state index in [-0.39, 0.29) is 11.9 Å². The first-order chi connectivity index (χ1) is 13.6. The number of hydrogen-bond donors (Lipinski definition) is 0. The summed E-state index contributed by atoms with van der Waals surface area (Å²) in [6.07, 6.45) is 4.42. The molecule has 1 fully saturated rings. The lowest BCUT2D eigenvalue weighted by Gasteiger charge is -2.25. The zero-order valence-electron chi connectivity index (χ0n) is 15.7. The molecule has 0 aliphatic carbocycles. The molecular weight excluding hydrogens is 394 g/mol. The molecule has 3 aromatic rings.